The number of aliphatic carboxylic acids is 1. The molecule has 0 amide bonds. The van der Waals surface area contributed by atoms with Crippen LogP contribution in [0.5, 0.6) is 5.88 Å². The fourth-order valence-corrected chi connectivity index (χ4v) is 1.42. The molecule has 0 aliphatic rings. The van der Waals surface area contributed by atoms with Crippen LogP contribution in [0.3, 0.4) is 0 Å². The van der Waals surface area contributed by atoms with Gasteiger partial charge in [-0.15, -0.1) is 0 Å². The summed E-state index contributed by atoms with van der Waals surface area (Å²) in [5.41, 5.74) is 0. The number of carboxylic acids is 1. The highest BCUT2D eigenvalue weighted by Gasteiger charge is 2.16. The van der Waals surface area contributed by atoms with Crippen molar-refractivity contribution in [3.8, 4) is 5.88 Å². The van der Waals surface area contributed by atoms with E-state index in [0.29, 0.717) is 24.8 Å². The molecule has 1 unspecified atom stereocenters. The number of aromatic nitrogens is 2. The maximum atomic E-state index is 10.9. The molecule has 1 aromatic rings. The number of carboxylic acid groups (broad SMARTS) is 1. The monoisotopic (exact) mass is 239 g/mol. The van der Waals surface area contributed by atoms with Gasteiger partial charge in [0.25, 0.3) is 0 Å². The van der Waals surface area contributed by atoms with Crippen molar-refractivity contribution in [2.45, 2.75) is 19.8 Å². The minimum Gasteiger partial charge on any atom is -0.481 e. The zero-order valence-corrected chi connectivity index (χ0v) is 10.0. The Morgan fingerprint density at radius 1 is 1.65 bits per heavy atom. The summed E-state index contributed by atoms with van der Waals surface area (Å²) in [6.45, 7) is 2.27. The largest absolute Gasteiger partial charge is 0.481 e. The number of anilines is 1. The lowest BCUT2D eigenvalue weighted by atomic mass is 10.0. The Labute approximate surface area is 100 Å². The van der Waals surface area contributed by atoms with E-state index >= 15 is 0 Å². The Morgan fingerprint density at radius 3 is 3.00 bits per heavy atom. The van der Waals surface area contributed by atoms with Gasteiger partial charge in [0.2, 0.25) is 11.8 Å². The van der Waals surface area contributed by atoms with E-state index in [2.05, 4.69) is 15.3 Å². The van der Waals surface area contributed by atoms with Crippen LogP contribution in [-0.2, 0) is 4.79 Å². The second kappa shape index (κ2) is 6.67. The Kier molecular flexibility index (Phi) is 5.19. The fourth-order valence-electron chi connectivity index (χ4n) is 1.42. The van der Waals surface area contributed by atoms with E-state index in [1.165, 1.54) is 7.11 Å². The van der Waals surface area contributed by atoms with Crippen LogP contribution in [0.1, 0.15) is 19.8 Å². The number of nitrogens with zero attached hydrogens (tertiary/aromatic N) is 2. The van der Waals surface area contributed by atoms with Gasteiger partial charge in [-0.2, -0.15) is 4.98 Å². The summed E-state index contributed by atoms with van der Waals surface area (Å²) in [5, 5.41) is 11.9. The van der Waals surface area contributed by atoms with Crippen LogP contribution in [-0.4, -0.2) is 34.7 Å². The zero-order chi connectivity index (χ0) is 12.7. The average Bonchev–Trinajstić information content (AvgIpc) is 2.34. The van der Waals surface area contributed by atoms with Crippen LogP contribution < -0.4 is 10.1 Å². The molecule has 0 bridgehead atoms. The van der Waals surface area contributed by atoms with E-state index in [-0.39, 0.29) is 0 Å². The number of hydrogen-bond donors (Lipinski definition) is 2. The van der Waals surface area contributed by atoms with E-state index in [1.807, 2.05) is 6.92 Å². The van der Waals surface area contributed by atoms with Crippen LogP contribution in [0.4, 0.5) is 5.95 Å². The molecule has 0 saturated heterocycles. The predicted octanol–water partition coefficient (Wildman–Crippen LogP) is 1.40. The van der Waals surface area contributed by atoms with Crippen molar-refractivity contribution in [1.29, 1.82) is 0 Å². The zero-order valence-electron chi connectivity index (χ0n) is 10.0. The first-order chi connectivity index (χ1) is 8.17. The number of hydrogen-bond acceptors (Lipinski definition) is 5. The second-order valence-electron chi connectivity index (χ2n) is 3.63. The molecular weight excluding hydrogens is 222 g/mol. The van der Waals surface area contributed by atoms with Gasteiger partial charge in [-0.3, -0.25) is 4.79 Å². The van der Waals surface area contributed by atoms with Crippen molar-refractivity contribution >= 4 is 11.9 Å². The summed E-state index contributed by atoms with van der Waals surface area (Å²) >= 11 is 0. The number of methoxy groups -OCH3 is 1. The first-order valence-electron chi connectivity index (χ1n) is 5.51. The van der Waals surface area contributed by atoms with Gasteiger partial charge >= 0.3 is 5.97 Å². The third kappa shape index (κ3) is 4.26. The Morgan fingerprint density at radius 2 is 2.41 bits per heavy atom. The van der Waals surface area contributed by atoms with Gasteiger partial charge in [0.15, 0.2) is 0 Å². The molecule has 0 fully saturated rings. The second-order valence-corrected chi connectivity index (χ2v) is 3.63. The van der Waals surface area contributed by atoms with Gasteiger partial charge < -0.3 is 15.2 Å². The fraction of sp³-hybridized carbons (Fsp3) is 0.545. The maximum absolute atomic E-state index is 10.9. The molecule has 0 aliphatic carbocycles. The summed E-state index contributed by atoms with van der Waals surface area (Å²) in [6, 6.07) is 1.63. The maximum Gasteiger partial charge on any atom is 0.308 e. The van der Waals surface area contributed by atoms with Crippen molar-refractivity contribution in [1.82, 2.24) is 9.97 Å². The highest BCUT2D eigenvalue weighted by molar-refractivity contribution is 5.70. The molecule has 17 heavy (non-hydrogen) atoms. The third-order valence-corrected chi connectivity index (χ3v) is 2.33. The summed E-state index contributed by atoms with van der Waals surface area (Å²) in [4.78, 5) is 19.0. The molecule has 0 radical (unpaired) electrons. The van der Waals surface area contributed by atoms with Gasteiger partial charge in [-0.25, -0.2) is 4.98 Å². The lowest BCUT2D eigenvalue weighted by Gasteiger charge is -2.12. The normalized spacial score (nSPS) is 11.9. The van der Waals surface area contributed by atoms with Crippen LogP contribution in [0, 0.1) is 5.92 Å². The predicted molar refractivity (Wildman–Crippen MR) is 63.1 cm³/mol. The van der Waals surface area contributed by atoms with E-state index in [0.717, 1.165) is 6.42 Å². The first kappa shape index (κ1) is 13.2. The van der Waals surface area contributed by atoms with Crippen molar-refractivity contribution in [3.05, 3.63) is 12.3 Å². The number of rotatable bonds is 7. The summed E-state index contributed by atoms with van der Waals surface area (Å²) in [6.07, 6.45) is 3.02. The molecular formula is C11H17N3O3. The number of nitrogens with one attached hydrogen (secondary N) is 1. The van der Waals surface area contributed by atoms with Crippen LogP contribution in [0.15, 0.2) is 12.3 Å². The lowest BCUT2D eigenvalue weighted by molar-refractivity contribution is -0.141. The van der Waals surface area contributed by atoms with Crippen molar-refractivity contribution in [2.75, 3.05) is 19.0 Å². The molecule has 6 nitrogen and oxygen atoms in total. The summed E-state index contributed by atoms with van der Waals surface area (Å²) in [7, 11) is 1.52. The standard InChI is InChI=1S/C11H17N3O3/c1-3-4-8(10(15)16)7-13-11-12-6-5-9(14-11)17-2/h5-6,8H,3-4,7H2,1-2H3,(H,15,16)(H,12,13,14). The highest BCUT2D eigenvalue weighted by Crippen LogP contribution is 2.10. The Bertz CT molecular complexity index is 371. The average molecular weight is 239 g/mol. The van der Waals surface area contributed by atoms with Gasteiger partial charge in [0.05, 0.1) is 13.0 Å². The SMILES string of the molecule is CCCC(CNc1nccc(OC)n1)C(=O)O. The first-order valence-corrected chi connectivity index (χ1v) is 5.51. The lowest BCUT2D eigenvalue weighted by Crippen LogP contribution is -2.23. The van der Waals surface area contributed by atoms with Gasteiger partial charge in [-0.1, -0.05) is 13.3 Å². The molecule has 1 aromatic heterocycles. The van der Waals surface area contributed by atoms with Crippen LogP contribution >= 0.6 is 0 Å². The molecule has 6 heteroatoms. The van der Waals surface area contributed by atoms with Gasteiger partial charge in [-0.05, 0) is 6.42 Å². The minimum absolute atomic E-state index is 0.316. The van der Waals surface area contributed by atoms with Gasteiger partial charge in [0.1, 0.15) is 0 Å². The van der Waals surface area contributed by atoms with E-state index < -0.39 is 11.9 Å². The summed E-state index contributed by atoms with van der Waals surface area (Å²) in [5.74, 6) is -0.395. The van der Waals surface area contributed by atoms with E-state index in [9.17, 15) is 4.79 Å². The Balaban J connectivity index is 2.55. The summed E-state index contributed by atoms with van der Waals surface area (Å²) < 4.78 is 4.95. The minimum atomic E-state index is -0.803. The topological polar surface area (TPSA) is 84.3 Å². The van der Waals surface area contributed by atoms with Crippen molar-refractivity contribution < 1.29 is 14.6 Å². The molecule has 0 aliphatic heterocycles. The molecule has 0 spiro atoms. The highest BCUT2D eigenvalue weighted by atomic mass is 16.5. The van der Waals surface area contributed by atoms with Crippen molar-refractivity contribution in [2.24, 2.45) is 5.92 Å². The number of ether oxygens (including phenoxy) is 1. The third-order valence-electron chi connectivity index (χ3n) is 2.33. The number of carbonyl (C=O) groups is 1. The molecule has 1 heterocycles. The Hall–Kier alpha value is -1.85. The van der Waals surface area contributed by atoms with Crippen LogP contribution in [0.2, 0.25) is 0 Å². The van der Waals surface area contributed by atoms with Crippen LogP contribution in [0.25, 0.3) is 0 Å². The quantitative estimate of drug-likeness (QED) is 0.748. The molecule has 1 rings (SSSR count). The molecule has 1 atom stereocenters. The molecule has 2 N–H and O–H groups in total. The van der Waals surface area contributed by atoms with Crippen molar-refractivity contribution in [3.63, 3.8) is 0 Å². The molecule has 0 saturated carbocycles. The van der Waals surface area contributed by atoms with E-state index in [1.54, 1.807) is 12.3 Å². The van der Waals surface area contributed by atoms with E-state index in [4.69, 9.17) is 9.84 Å². The molecule has 94 valence electrons. The van der Waals surface area contributed by atoms with Gasteiger partial charge in [0, 0.05) is 18.8 Å². The molecule has 0 aromatic carbocycles. The smallest absolute Gasteiger partial charge is 0.308 e.